The molecule has 0 saturated heterocycles. The second-order valence-electron chi connectivity index (χ2n) is 5.51. The fourth-order valence-electron chi connectivity index (χ4n) is 2.55. The number of rotatable bonds is 6. The second kappa shape index (κ2) is 7.22. The van der Waals surface area contributed by atoms with Crippen LogP contribution in [0.3, 0.4) is 0 Å². The molecule has 21 heavy (non-hydrogen) atoms. The minimum atomic E-state index is -3.46. The number of nitrogens with one attached hydrogen (secondary N) is 1. The fraction of sp³-hybridized carbons (Fsp3) is 0.846. The highest BCUT2D eigenvalue weighted by molar-refractivity contribution is 7.89. The molecule has 0 aromatic heterocycles. The number of nitrogens with zero attached hydrogens (tertiary/aromatic N) is 1. The molecule has 2 N–H and O–H groups in total. The van der Waals surface area contributed by atoms with Crippen LogP contribution in [0, 0.1) is 0 Å². The van der Waals surface area contributed by atoms with E-state index in [0.29, 0.717) is 12.8 Å². The van der Waals surface area contributed by atoms with Gasteiger partial charge in [0.15, 0.2) is 0 Å². The third-order valence-electron chi connectivity index (χ3n) is 3.95. The topological polar surface area (TPSA) is 104 Å². The van der Waals surface area contributed by atoms with E-state index in [1.807, 2.05) is 0 Å². The number of hydrogen-bond acceptors (Lipinski definition) is 4. The van der Waals surface area contributed by atoms with E-state index in [2.05, 4.69) is 5.32 Å². The van der Waals surface area contributed by atoms with Crippen LogP contribution in [0.15, 0.2) is 0 Å². The van der Waals surface area contributed by atoms with E-state index in [1.54, 1.807) is 0 Å². The fourth-order valence-corrected chi connectivity index (χ4v) is 3.31. The van der Waals surface area contributed by atoms with Crippen LogP contribution in [0.4, 0.5) is 0 Å². The quantitative estimate of drug-likeness (QED) is 0.696. The third-order valence-corrected chi connectivity index (χ3v) is 5.76. The van der Waals surface area contributed by atoms with E-state index in [0.717, 1.165) is 30.0 Å². The number of likely N-dealkylation sites (N-methyl/N-ethyl adjacent to an activating group) is 1. The highest BCUT2D eigenvalue weighted by Crippen LogP contribution is 2.27. The number of carboxylic acids is 1. The van der Waals surface area contributed by atoms with Gasteiger partial charge < -0.3 is 10.4 Å². The Balaban J connectivity index is 2.76. The molecule has 1 fully saturated rings. The first-order valence-corrected chi connectivity index (χ1v) is 8.83. The predicted molar refractivity (Wildman–Crippen MR) is 78.3 cm³/mol. The molecule has 0 radical (unpaired) electrons. The summed E-state index contributed by atoms with van der Waals surface area (Å²) in [5.41, 5.74) is -1.26. The van der Waals surface area contributed by atoms with Gasteiger partial charge in [-0.05, 0) is 19.8 Å². The standard InChI is InChI=1S/C13H24N2O5S/c1-3-21(19,20)15(2)10-11(16)14-13(12(17)18)8-6-4-5-7-9-13/h3-10H2,1-2H3,(H,14,16)(H,17,18). The molecule has 1 aliphatic carbocycles. The first kappa shape index (κ1) is 17.9. The number of hydrogen-bond donors (Lipinski definition) is 2. The largest absolute Gasteiger partial charge is 0.480 e. The van der Waals surface area contributed by atoms with E-state index in [1.165, 1.54) is 14.0 Å². The molecule has 0 aromatic carbocycles. The zero-order valence-corrected chi connectivity index (χ0v) is 13.4. The van der Waals surface area contributed by atoms with Crippen molar-refractivity contribution in [2.24, 2.45) is 0 Å². The highest BCUT2D eigenvalue weighted by Gasteiger charge is 2.40. The first-order valence-electron chi connectivity index (χ1n) is 7.22. The molecular weight excluding hydrogens is 296 g/mol. The number of carboxylic acid groups (broad SMARTS) is 1. The molecule has 7 nitrogen and oxygen atoms in total. The van der Waals surface area contributed by atoms with Gasteiger partial charge in [0.05, 0.1) is 12.3 Å². The minimum absolute atomic E-state index is 0.0964. The van der Waals surface area contributed by atoms with Gasteiger partial charge in [-0.15, -0.1) is 0 Å². The van der Waals surface area contributed by atoms with Crippen LogP contribution in [-0.4, -0.2) is 54.6 Å². The molecule has 122 valence electrons. The van der Waals surface area contributed by atoms with Crippen molar-refractivity contribution in [3.8, 4) is 0 Å². The maximum atomic E-state index is 12.0. The monoisotopic (exact) mass is 320 g/mol. The van der Waals surface area contributed by atoms with Crippen molar-refractivity contribution in [2.45, 2.75) is 51.0 Å². The summed E-state index contributed by atoms with van der Waals surface area (Å²) in [5.74, 6) is -1.71. The molecule has 0 unspecified atom stereocenters. The summed E-state index contributed by atoms with van der Waals surface area (Å²) in [4.78, 5) is 23.6. The zero-order chi connectivity index (χ0) is 16.1. The smallest absolute Gasteiger partial charge is 0.329 e. The molecule has 0 atom stereocenters. The van der Waals surface area contributed by atoms with Gasteiger partial charge in [-0.25, -0.2) is 13.2 Å². The normalized spacial score (nSPS) is 19.0. The van der Waals surface area contributed by atoms with E-state index in [9.17, 15) is 23.1 Å². The number of aliphatic carboxylic acids is 1. The predicted octanol–water partition coefficient (Wildman–Crippen LogP) is 0.562. The lowest BCUT2D eigenvalue weighted by Gasteiger charge is -2.30. The van der Waals surface area contributed by atoms with Crippen molar-refractivity contribution >= 4 is 21.9 Å². The Bertz CT molecular complexity index is 481. The summed E-state index contributed by atoms with van der Waals surface area (Å²) >= 11 is 0. The van der Waals surface area contributed by atoms with Crippen LogP contribution in [0.1, 0.15) is 45.4 Å². The van der Waals surface area contributed by atoms with E-state index < -0.39 is 27.4 Å². The lowest BCUT2D eigenvalue weighted by atomic mass is 9.90. The molecule has 0 aliphatic heterocycles. The van der Waals surface area contributed by atoms with Gasteiger partial charge in [0.1, 0.15) is 5.54 Å². The van der Waals surface area contributed by atoms with Crippen molar-refractivity contribution < 1.29 is 23.1 Å². The van der Waals surface area contributed by atoms with Crippen molar-refractivity contribution in [1.29, 1.82) is 0 Å². The molecular formula is C13H24N2O5S. The van der Waals surface area contributed by atoms with Gasteiger partial charge in [-0.1, -0.05) is 25.7 Å². The highest BCUT2D eigenvalue weighted by atomic mass is 32.2. The van der Waals surface area contributed by atoms with Crippen LogP contribution in [0.5, 0.6) is 0 Å². The van der Waals surface area contributed by atoms with Crippen LogP contribution in [0.25, 0.3) is 0 Å². The molecule has 0 bridgehead atoms. The Morgan fingerprint density at radius 2 is 1.71 bits per heavy atom. The van der Waals surface area contributed by atoms with Crippen molar-refractivity contribution in [3.63, 3.8) is 0 Å². The molecule has 1 amide bonds. The lowest BCUT2D eigenvalue weighted by Crippen LogP contribution is -2.56. The Morgan fingerprint density at radius 1 is 1.19 bits per heavy atom. The summed E-state index contributed by atoms with van der Waals surface area (Å²) < 4.78 is 24.2. The number of carbonyl (C=O) groups is 2. The maximum Gasteiger partial charge on any atom is 0.329 e. The average molecular weight is 320 g/mol. The molecule has 0 spiro atoms. The SMILES string of the molecule is CCS(=O)(=O)N(C)CC(=O)NC1(C(=O)O)CCCCCC1. The van der Waals surface area contributed by atoms with E-state index in [4.69, 9.17) is 0 Å². The average Bonchev–Trinajstić information content (AvgIpc) is 2.65. The van der Waals surface area contributed by atoms with Gasteiger partial charge in [-0.2, -0.15) is 4.31 Å². The Hall–Kier alpha value is -1.15. The first-order chi connectivity index (χ1) is 9.73. The second-order valence-corrected chi connectivity index (χ2v) is 7.87. The molecule has 1 saturated carbocycles. The number of amides is 1. The van der Waals surface area contributed by atoms with Gasteiger partial charge in [0.25, 0.3) is 0 Å². The van der Waals surface area contributed by atoms with Crippen LogP contribution >= 0.6 is 0 Å². The van der Waals surface area contributed by atoms with Crippen LogP contribution in [-0.2, 0) is 19.6 Å². The number of carbonyl (C=O) groups excluding carboxylic acids is 1. The maximum absolute atomic E-state index is 12.0. The summed E-state index contributed by atoms with van der Waals surface area (Å²) in [7, 11) is -2.14. The summed E-state index contributed by atoms with van der Waals surface area (Å²) in [6, 6.07) is 0. The summed E-state index contributed by atoms with van der Waals surface area (Å²) in [5, 5.41) is 12.0. The number of sulfonamides is 1. The van der Waals surface area contributed by atoms with E-state index >= 15 is 0 Å². The Labute approximate surface area is 125 Å². The van der Waals surface area contributed by atoms with Crippen molar-refractivity contribution in [2.75, 3.05) is 19.3 Å². The van der Waals surface area contributed by atoms with Gasteiger partial charge in [-0.3, -0.25) is 4.79 Å². The molecule has 8 heteroatoms. The van der Waals surface area contributed by atoms with Crippen molar-refractivity contribution in [1.82, 2.24) is 9.62 Å². The summed E-state index contributed by atoms with van der Waals surface area (Å²) in [6.45, 7) is 1.14. The zero-order valence-electron chi connectivity index (χ0n) is 12.6. The molecule has 0 heterocycles. The summed E-state index contributed by atoms with van der Waals surface area (Å²) in [6.07, 6.45) is 4.17. The van der Waals surface area contributed by atoms with Gasteiger partial charge in [0.2, 0.25) is 15.9 Å². The van der Waals surface area contributed by atoms with Gasteiger partial charge >= 0.3 is 5.97 Å². The molecule has 1 rings (SSSR count). The van der Waals surface area contributed by atoms with Crippen molar-refractivity contribution in [3.05, 3.63) is 0 Å². The third kappa shape index (κ3) is 4.67. The van der Waals surface area contributed by atoms with Crippen LogP contribution < -0.4 is 5.32 Å². The van der Waals surface area contributed by atoms with E-state index in [-0.39, 0.29) is 12.3 Å². The van der Waals surface area contributed by atoms with Crippen LogP contribution in [0.2, 0.25) is 0 Å². The Kier molecular flexibility index (Phi) is 6.15. The Morgan fingerprint density at radius 3 is 2.14 bits per heavy atom. The van der Waals surface area contributed by atoms with Gasteiger partial charge in [0, 0.05) is 7.05 Å². The lowest BCUT2D eigenvalue weighted by molar-refractivity contribution is -0.148. The minimum Gasteiger partial charge on any atom is -0.480 e. The molecule has 1 aliphatic rings. The molecule has 0 aromatic rings.